The van der Waals surface area contributed by atoms with E-state index in [0.29, 0.717) is 5.69 Å². The molecular weight excluding hydrogens is 512 g/mol. The van der Waals surface area contributed by atoms with E-state index in [2.05, 4.69) is 10.3 Å². The number of carbonyl (C=O) groups excluding carboxylic acids is 1. The summed E-state index contributed by atoms with van der Waals surface area (Å²) in [4.78, 5) is 16.2. The maximum atomic E-state index is 15.1. The van der Waals surface area contributed by atoms with E-state index < -0.39 is 39.1 Å². The zero-order valence-corrected chi connectivity index (χ0v) is 21.3. The van der Waals surface area contributed by atoms with Crippen molar-refractivity contribution in [3.05, 3.63) is 76.4 Å². The number of fused-ring (bicyclic) bond motifs is 1. The number of alkyl carbamates (subject to hydrolysis) is 1. The molecule has 0 saturated heterocycles. The van der Waals surface area contributed by atoms with Gasteiger partial charge in [-0.25, -0.2) is 26.6 Å². The number of nitrogens with zero attached hydrogens (tertiary/aromatic N) is 2. The van der Waals surface area contributed by atoms with Crippen LogP contribution in [0.4, 0.5) is 13.6 Å². The Labute approximate surface area is 210 Å². The Hall–Kier alpha value is -3.51. The number of nitrogens with one attached hydrogen (secondary N) is 1. The van der Waals surface area contributed by atoms with E-state index in [1.807, 2.05) is 0 Å². The molecule has 0 fully saturated rings. The summed E-state index contributed by atoms with van der Waals surface area (Å²) in [7, 11) is -4.27. The van der Waals surface area contributed by atoms with Crippen molar-refractivity contribution < 1.29 is 31.5 Å². The monoisotopic (exact) mass is 535 g/mol. The van der Waals surface area contributed by atoms with Crippen LogP contribution in [0.3, 0.4) is 0 Å². The minimum Gasteiger partial charge on any atom is -0.484 e. The van der Waals surface area contributed by atoms with Gasteiger partial charge < -0.3 is 14.8 Å². The number of halogens is 2. The molecule has 0 saturated carbocycles. The molecule has 1 amide bonds. The molecule has 36 heavy (non-hydrogen) atoms. The van der Waals surface area contributed by atoms with Crippen LogP contribution in [0, 0.1) is 11.6 Å². The van der Waals surface area contributed by atoms with Crippen molar-refractivity contribution in [2.24, 2.45) is 0 Å². The van der Waals surface area contributed by atoms with Gasteiger partial charge in [-0.2, -0.15) is 4.39 Å². The van der Waals surface area contributed by atoms with Crippen LogP contribution in [-0.2, 0) is 27.9 Å². The summed E-state index contributed by atoms with van der Waals surface area (Å²) in [5.74, 6) is -3.01. The van der Waals surface area contributed by atoms with Crippen LogP contribution < -0.4 is 10.1 Å². The van der Waals surface area contributed by atoms with Crippen molar-refractivity contribution in [3.63, 3.8) is 0 Å². The Morgan fingerprint density at radius 2 is 1.86 bits per heavy atom. The summed E-state index contributed by atoms with van der Waals surface area (Å²) in [6.45, 7) is 4.56. The number of amides is 1. The number of thiazole rings is 1. The average Bonchev–Trinajstić information content (AvgIpc) is 3.46. The molecule has 0 aliphatic heterocycles. The maximum absolute atomic E-state index is 15.1. The molecule has 2 aromatic heterocycles. The molecule has 0 aliphatic carbocycles. The smallest absolute Gasteiger partial charge is 0.407 e. The minimum absolute atomic E-state index is 0.00494. The van der Waals surface area contributed by atoms with Gasteiger partial charge in [0, 0.05) is 16.8 Å². The number of rotatable bonds is 7. The van der Waals surface area contributed by atoms with Crippen molar-refractivity contribution in [2.45, 2.75) is 44.4 Å². The lowest BCUT2D eigenvalue weighted by molar-refractivity contribution is 0.0522. The Morgan fingerprint density at radius 3 is 2.50 bits per heavy atom. The lowest BCUT2D eigenvalue weighted by Gasteiger charge is -2.20. The summed E-state index contributed by atoms with van der Waals surface area (Å²) >= 11 is 1.32. The first kappa shape index (κ1) is 25.6. The van der Waals surface area contributed by atoms with Crippen molar-refractivity contribution >= 4 is 38.4 Å². The summed E-state index contributed by atoms with van der Waals surface area (Å²) in [5, 5.41) is 3.88. The number of aromatic nitrogens is 2. The average molecular weight is 536 g/mol. The van der Waals surface area contributed by atoms with Crippen LogP contribution in [0.15, 0.2) is 58.3 Å². The number of carbonyl (C=O) groups is 1. The molecule has 8 nitrogen and oxygen atoms in total. The maximum Gasteiger partial charge on any atom is 0.407 e. The van der Waals surface area contributed by atoms with Gasteiger partial charge in [0.25, 0.3) is 10.0 Å². The van der Waals surface area contributed by atoms with E-state index in [1.54, 1.807) is 49.9 Å². The molecule has 0 spiro atoms. The van der Waals surface area contributed by atoms with Gasteiger partial charge in [0.05, 0.1) is 33.9 Å². The van der Waals surface area contributed by atoms with Crippen molar-refractivity contribution in [1.82, 2.24) is 14.3 Å². The van der Waals surface area contributed by atoms with Gasteiger partial charge in [-0.05, 0) is 39.0 Å². The number of hydrogen-bond donors (Lipinski definition) is 1. The fourth-order valence-corrected chi connectivity index (χ4v) is 5.53. The second-order valence-electron chi connectivity index (χ2n) is 8.78. The molecule has 0 atom stereocenters. The van der Waals surface area contributed by atoms with E-state index in [9.17, 15) is 17.6 Å². The van der Waals surface area contributed by atoms with Gasteiger partial charge in [-0.15, -0.1) is 11.3 Å². The second kappa shape index (κ2) is 9.86. The van der Waals surface area contributed by atoms with Gasteiger partial charge in [-0.3, -0.25) is 0 Å². The zero-order chi connectivity index (χ0) is 26.1. The Kier molecular flexibility index (Phi) is 7.01. The number of benzene rings is 2. The standard InChI is InChI=1S/C24H23F2N3O5S2/c1-24(2,3)34-23(30)27-11-16-9-18-19(29(16)36(31,32)17-7-5-4-6-8-17)10-20(22(26)21(18)25)33-12-15-13-35-14-28-15/h4-10,13-14H,11-12H2,1-3H3,(H,27,30). The van der Waals surface area contributed by atoms with Crippen LogP contribution in [-0.4, -0.2) is 29.1 Å². The molecular formula is C24H23F2N3O5S2. The van der Waals surface area contributed by atoms with Crippen LogP contribution in [0.25, 0.3) is 10.9 Å². The van der Waals surface area contributed by atoms with Crippen LogP contribution in [0.2, 0.25) is 0 Å². The molecule has 0 aliphatic rings. The molecule has 4 rings (SSSR count). The highest BCUT2D eigenvalue weighted by molar-refractivity contribution is 7.90. The lowest BCUT2D eigenvalue weighted by Crippen LogP contribution is -2.33. The summed E-state index contributed by atoms with van der Waals surface area (Å²) < 4.78 is 68.7. The first-order chi connectivity index (χ1) is 17.0. The Bertz CT molecular complexity index is 1500. The van der Waals surface area contributed by atoms with Gasteiger partial charge in [-0.1, -0.05) is 18.2 Å². The molecule has 4 aromatic rings. The first-order valence-electron chi connectivity index (χ1n) is 10.8. The highest BCUT2D eigenvalue weighted by atomic mass is 32.2. The Morgan fingerprint density at radius 1 is 1.14 bits per heavy atom. The Balaban J connectivity index is 1.82. The van der Waals surface area contributed by atoms with Gasteiger partial charge in [0.1, 0.15) is 12.2 Å². The molecule has 2 aromatic carbocycles. The van der Waals surface area contributed by atoms with Gasteiger partial charge in [0.2, 0.25) is 5.82 Å². The number of hydrogen-bond acceptors (Lipinski definition) is 7. The van der Waals surface area contributed by atoms with Crippen molar-refractivity contribution in [3.8, 4) is 5.75 Å². The highest BCUT2D eigenvalue weighted by Crippen LogP contribution is 2.34. The quantitative estimate of drug-likeness (QED) is 0.349. The molecule has 1 N–H and O–H groups in total. The molecule has 190 valence electrons. The normalized spacial score (nSPS) is 12.0. The van der Waals surface area contributed by atoms with Crippen molar-refractivity contribution in [2.75, 3.05) is 0 Å². The highest BCUT2D eigenvalue weighted by Gasteiger charge is 2.28. The molecule has 2 heterocycles. The van der Waals surface area contributed by atoms with E-state index in [0.717, 1.165) is 10.0 Å². The van der Waals surface area contributed by atoms with E-state index >= 15 is 4.39 Å². The largest absolute Gasteiger partial charge is 0.484 e. The fraction of sp³-hybridized carbons (Fsp3) is 0.250. The molecule has 0 radical (unpaired) electrons. The predicted octanol–water partition coefficient (Wildman–Crippen LogP) is 5.22. The van der Waals surface area contributed by atoms with Crippen LogP contribution in [0.1, 0.15) is 32.2 Å². The topological polar surface area (TPSA) is 99.5 Å². The lowest BCUT2D eigenvalue weighted by atomic mass is 10.2. The van der Waals surface area contributed by atoms with Crippen LogP contribution >= 0.6 is 11.3 Å². The number of ether oxygens (including phenoxy) is 2. The third kappa shape index (κ3) is 5.34. The van der Waals surface area contributed by atoms with Crippen LogP contribution in [0.5, 0.6) is 5.75 Å². The van der Waals surface area contributed by atoms with E-state index in [4.69, 9.17) is 9.47 Å². The first-order valence-corrected chi connectivity index (χ1v) is 13.2. The van der Waals surface area contributed by atoms with E-state index in [-0.39, 0.29) is 34.6 Å². The minimum atomic E-state index is -4.27. The SMILES string of the molecule is CC(C)(C)OC(=O)NCc1cc2c(F)c(F)c(OCc3cscn3)cc2n1S(=O)(=O)c1ccccc1. The summed E-state index contributed by atoms with van der Waals surface area (Å²) in [5.41, 5.74) is 1.14. The summed E-state index contributed by atoms with van der Waals surface area (Å²) in [6.07, 6.45) is -0.796. The molecule has 0 unspecified atom stereocenters. The van der Waals surface area contributed by atoms with Crippen molar-refractivity contribution in [1.29, 1.82) is 0 Å². The van der Waals surface area contributed by atoms with Gasteiger partial charge in [0.15, 0.2) is 11.6 Å². The fourth-order valence-electron chi connectivity index (χ4n) is 3.44. The predicted molar refractivity (Wildman–Crippen MR) is 130 cm³/mol. The van der Waals surface area contributed by atoms with Gasteiger partial charge >= 0.3 is 6.09 Å². The van der Waals surface area contributed by atoms with E-state index in [1.165, 1.54) is 29.5 Å². The summed E-state index contributed by atoms with van der Waals surface area (Å²) in [6, 6.07) is 9.79. The molecule has 0 bridgehead atoms. The second-order valence-corrected chi connectivity index (χ2v) is 11.3. The third-order valence-electron chi connectivity index (χ3n) is 4.93. The molecule has 12 heteroatoms. The third-order valence-corrected chi connectivity index (χ3v) is 7.35. The zero-order valence-electron chi connectivity index (χ0n) is 19.6.